The van der Waals surface area contributed by atoms with Crippen LogP contribution >= 0.6 is 0 Å². The standard InChI is InChI=1S/C17H23NO3/c1-2-21-14-6-3-12(4-7-14)9-17(20)18-10-13-5-8-16(19)15(13)11-18/h3-4,6-7,13,15-16,19H,2,5,8-11H2,1H3. The molecule has 0 radical (unpaired) electrons. The third kappa shape index (κ3) is 3.05. The van der Waals surface area contributed by atoms with Gasteiger partial charge in [0.15, 0.2) is 0 Å². The molecule has 1 aromatic carbocycles. The SMILES string of the molecule is CCOc1ccc(CC(=O)N2CC3CCC(O)C3C2)cc1. The number of rotatable bonds is 4. The Morgan fingerprint density at radius 1 is 1.29 bits per heavy atom. The third-order valence-corrected chi connectivity index (χ3v) is 4.76. The van der Waals surface area contributed by atoms with E-state index >= 15 is 0 Å². The summed E-state index contributed by atoms with van der Waals surface area (Å²) in [5, 5.41) is 9.92. The number of fused-ring (bicyclic) bond motifs is 1. The zero-order valence-electron chi connectivity index (χ0n) is 12.5. The highest BCUT2D eigenvalue weighted by Crippen LogP contribution is 2.38. The van der Waals surface area contributed by atoms with Gasteiger partial charge in [-0.25, -0.2) is 0 Å². The second-order valence-corrected chi connectivity index (χ2v) is 6.12. The fourth-order valence-corrected chi connectivity index (χ4v) is 3.60. The first-order chi connectivity index (χ1) is 10.2. The predicted molar refractivity (Wildman–Crippen MR) is 80.1 cm³/mol. The van der Waals surface area contributed by atoms with Crippen LogP contribution in [0.5, 0.6) is 5.75 Å². The normalized spacial score (nSPS) is 27.7. The summed E-state index contributed by atoms with van der Waals surface area (Å²) in [6.45, 7) is 4.15. The second kappa shape index (κ2) is 6.06. The first-order valence-corrected chi connectivity index (χ1v) is 7.85. The molecule has 1 aliphatic carbocycles. The van der Waals surface area contributed by atoms with Crippen molar-refractivity contribution in [2.24, 2.45) is 11.8 Å². The molecule has 4 nitrogen and oxygen atoms in total. The number of hydrogen-bond donors (Lipinski definition) is 1. The zero-order chi connectivity index (χ0) is 14.8. The van der Waals surface area contributed by atoms with Gasteiger partial charge in [0.1, 0.15) is 5.75 Å². The van der Waals surface area contributed by atoms with E-state index in [2.05, 4.69) is 0 Å². The quantitative estimate of drug-likeness (QED) is 0.920. The van der Waals surface area contributed by atoms with Crippen molar-refractivity contribution in [2.75, 3.05) is 19.7 Å². The van der Waals surface area contributed by atoms with E-state index in [1.807, 2.05) is 36.1 Å². The van der Waals surface area contributed by atoms with Crippen LogP contribution in [0.15, 0.2) is 24.3 Å². The smallest absolute Gasteiger partial charge is 0.227 e. The molecule has 1 N–H and O–H groups in total. The zero-order valence-corrected chi connectivity index (χ0v) is 12.5. The van der Waals surface area contributed by atoms with E-state index in [-0.39, 0.29) is 12.0 Å². The number of carbonyl (C=O) groups excluding carboxylic acids is 1. The highest BCUT2D eigenvalue weighted by atomic mass is 16.5. The summed E-state index contributed by atoms with van der Waals surface area (Å²) in [5.41, 5.74) is 1.01. The van der Waals surface area contributed by atoms with Crippen molar-refractivity contribution in [1.29, 1.82) is 0 Å². The van der Waals surface area contributed by atoms with Crippen LogP contribution in [0.1, 0.15) is 25.3 Å². The number of likely N-dealkylation sites (tertiary alicyclic amines) is 1. The Morgan fingerprint density at radius 3 is 2.71 bits per heavy atom. The van der Waals surface area contributed by atoms with Crippen molar-refractivity contribution in [3.05, 3.63) is 29.8 Å². The van der Waals surface area contributed by atoms with E-state index in [0.29, 0.717) is 24.9 Å². The van der Waals surface area contributed by atoms with Crippen molar-refractivity contribution in [1.82, 2.24) is 4.90 Å². The Kier molecular flexibility index (Phi) is 4.15. The van der Waals surface area contributed by atoms with Gasteiger partial charge in [0.05, 0.1) is 19.1 Å². The van der Waals surface area contributed by atoms with Crippen LogP contribution in [0.3, 0.4) is 0 Å². The molecule has 1 saturated heterocycles. The molecular formula is C17H23NO3. The summed E-state index contributed by atoms with van der Waals surface area (Å²) >= 11 is 0. The Hall–Kier alpha value is -1.55. The van der Waals surface area contributed by atoms with Crippen LogP contribution in [0.25, 0.3) is 0 Å². The minimum absolute atomic E-state index is 0.167. The summed E-state index contributed by atoms with van der Waals surface area (Å²) in [6, 6.07) is 7.73. The van der Waals surface area contributed by atoms with Gasteiger partial charge in [-0.2, -0.15) is 0 Å². The highest BCUT2D eigenvalue weighted by Gasteiger charge is 2.43. The number of aliphatic hydroxyl groups is 1. The van der Waals surface area contributed by atoms with Gasteiger partial charge in [-0.05, 0) is 43.4 Å². The minimum atomic E-state index is -0.210. The lowest BCUT2D eigenvalue weighted by molar-refractivity contribution is -0.129. The highest BCUT2D eigenvalue weighted by molar-refractivity contribution is 5.79. The molecule has 3 atom stereocenters. The first-order valence-electron chi connectivity index (χ1n) is 7.85. The topological polar surface area (TPSA) is 49.8 Å². The van der Waals surface area contributed by atoms with Crippen molar-refractivity contribution < 1.29 is 14.6 Å². The van der Waals surface area contributed by atoms with Gasteiger partial charge in [0.2, 0.25) is 5.91 Å². The average Bonchev–Trinajstić information content (AvgIpc) is 3.04. The summed E-state index contributed by atoms with van der Waals surface area (Å²) in [5.74, 6) is 1.81. The van der Waals surface area contributed by atoms with Crippen molar-refractivity contribution in [3.8, 4) is 5.75 Å². The molecule has 1 amide bonds. The molecule has 4 heteroatoms. The van der Waals surface area contributed by atoms with Gasteiger partial charge in [-0.15, -0.1) is 0 Å². The van der Waals surface area contributed by atoms with Gasteiger partial charge in [0.25, 0.3) is 0 Å². The first kappa shape index (κ1) is 14.4. The van der Waals surface area contributed by atoms with Crippen LogP contribution in [0, 0.1) is 11.8 Å². The van der Waals surface area contributed by atoms with Crippen LogP contribution < -0.4 is 4.74 Å². The fraction of sp³-hybridized carbons (Fsp3) is 0.588. The summed E-state index contributed by atoms with van der Waals surface area (Å²) in [4.78, 5) is 14.3. The van der Waals surface area contributed by atoms with Crippen LogP contribution in [-0.4, -0.2) is 41.7 Å². The number of nitrogens with zero attached hydrogens (tertiary/aromatic N) is 1. The van der Waals surface area contributed by atoms with E-state index in [4.69, 9.17) is 4.74 Å². The van der Waals surface area contributed by atoms with Crippen molar-refractivity contribution >= 4 is 5.91 Å². The lowest BCUT2D eigenvalue weighted by Crippen LogP contribution is -2.32. The molecule has 0 bridgehead atoms. The molecular weight excluding hydrogens is 266 g/mol. The number of benzene rings is 1. The van der Waals surface area contributed by atoms with E-state index in [1.165, 1.54) is 0 Å². The summed E-state index contributed by atoms with van der Waals surface area (Å²) in [6.07, 6.45) is 2.18. The molecule has 114 valence electrons. The molecule has 2 fully saturated rings. The predicted octanol–water partition coefficient (Wildman–Crippen LogP) is 1.86. The average molecular weight is 289 g/mol. The molecule has 3 unspecified atom stereocenters. The van der Waals surface area contributed by atoms with E-state index in [1.54, 1.807) is 0 Å². The lowest BCUT2D eigenvalue weighted by Gasteiger charge is -2.18. The van der Waals surface area contributed by atoms with Gasteiger partial charge < -0.3 is 14.7 Å². The van der Waals surface area contributed by atoms with Gasteiger partial charge in [0, 0.05) is 19.0 Å². The van der Waals surface area contributed by atoms with Crippen molar-refractivity contribution in [3.63, 3.8) is 0 Å². The van der Waals surface area contributed by atoms with Gasteiger partial charge in [-0.3, -0.25) is 4.79 Å². The molecule has 0 aromatic heterocycles. The molecule has 2 aliphatic rings. The number of amides is 1. The molecule has 21 heavy (non-hydrogen) atoms. The van der Waals surface area contributed by atoms with Crippen molar-refractivity contribution in [2.45, 2.75) is 32.3 Å². The molecule has 1 aliphatic heterocycles. The fourth-order valence-electron chi connectivity index (χ4n) is 3.60. The Bertz CT molecular complexity index is 499. The maximum Gasteiger partial charge on any atom is 0.227 e. The summed E-state index contributed by atoms with van der Waals surface area (Å²) < 4.78 is 5.40. The van der Waals surface area contributed by atoms with E-state index < -0.39 is 0 Å². The Morgan fingerprint density at radius 2 is 2.05 bits per heavy atom. The van der Waals surface area contributed by atoms with Crippen LogP contribution in [0.4, 0.5) is 0 Å². The molecule has 1 saturated carbocycles. The molecule has 1 aromatic rings. The van der Waals surface area contributed by atoms with E-state index in [0.717, 1.165) is 37.2 Å². The monoisotopic (exact) mass is 289 g/mol. The molecule has 1 heterocycles. The number of aliphatic hydroxyl groups excluding tert-OH is 1. The Balaban J connectivity index is 1.57. The second-order valence-electron chi connectivity index (χ2n) is 6.12. The van der Waals surface area contributed by atoms with Gasteiger partial charge in [-0.1, -0.05) is 12.1 Å². The number of ether oxygens (including phenoxy) is 1. The molecule has 3 rings (SSSR count). The number of hydrogen-bond acceptors (Lipinski definition) is 3. The minimum Gasteiger partial charge on any atom is -0.494 e. The largest absolute Gasteiger partial charge is 0.494 e. The molecule has 0 spiro atoms. The Labute approximate surface area is 125 Å². The third-order valence-electron chi connectivity index (χ3n) is 4.76. The van der Waals surface area contributed by atoms with Crippen LogP contribution in [-0.2, 0) is 11.2 Å². The lowest BCUT2D eigenvalue weighted by atomic mass is 10.00. The van der Waals surface area contributed by atoms with Gasteiger partial charge >= 0.3 is 0 Å². The van der Waals surface area contributed by atoms with E-state index in [9.17, 15) is 9.90 Å². The van der Waals surface area contributed by atoms with Crippen LogP contribution in [0.2, 0.25) is 0 Å². The summed E-state index contributed by atoms with van der Waals surface area (Å²) in [7, 11) is 0. The number of carbonyl (C=O) groups is 1. The maximum atomic E-state index is 12.4. The maximum absolute atomic E-state index is 12.4.